The number of nitrogens with two attached hydrogens (primary N) is 1. The molecule has 0 unspecified atom stereocenters. The Morgan fingerprint density at radius 3 is 3.14 bits per heavy atom. The van der Waals surface area contributed by atoms with Crippen LogP contribution in [0.3, 0.4) is 0 Å². The van der Waals surface area contributed by atoms with Crippen molar-refractivity contribution in [1.29, 1.82) is 0 Å². The molecular formula is C9H19N3O2. The molecule has 0 amide bonds. The Bertz CT molecular complexity index is 196. The first-order valence-corrected chi connectivity index (χ1v) is 5.06. The number of ether oxygens (including phenoxy) is 1. The highest BCUT2D eigenvalue weighted by Crippen LogP contribution is 2.16. The fourth-order valence-electron chi connectivity index (χ4n) is 1.79. The third-order valence-corrected chi connectivity index (χ3v) is 2.51. The maximum Gasteiger partial charge on any atom is 0.153 e. The number of rotatable bonds is 5. The van der Waals surface area contributed by atoms with Crippen molar-refractivity contribution in [1.82, 2.24) is 4.90 Å². The SMILES string of the molecule is CCOC[C@H]1CCCN1CC(N)=NO. The van der Waals surface area contributed by atoms with E-state index in [0.717, 1.165) is 32.6 Å². The van der Waals surface area contributed by atoms with E-state index >= 15 is 0 Å². The van der Waals surface area contributed by atoms with E-state index in [-0.39, 0.29) is 5.84 Å². The predicted molar refractivity (Wildman–Crippen MR) is 54.5 cm³/mol. The van der Waals surface area contributed by atoms with Gasteiger partial charge in [-0.05, 0) is 26.3 Å². The minimum atomic E-state index is 0.272. The van der Waals surface area contributed by atoms with Gasteiger partial charge in [0.1, 0.15) is 0 Å². The van der Waals surface area contributed by atoms with E-state index in [2.05, 4.69) is 10.1 Å². The second-order valence-corrected chi connectivity index (χ2v) is 3.52. The topological polar surface area (TPSA) is 71.1 Å². The molecule has 5 nitrogen and oxygen atoms in total. The second-order valence-electron chi connectivity index (χ2n) is 3.52. The van der Waals surface area contributed by atoms with E-state index in [1.54, 1.807) is 0 Å². The fraction of sp³-hybridized carbons (Fsp3) is 0.889. The van der Waals surface area contributed by atoms with Crippen molar-refractivity contribution in [2.45, 2.75) is 25.8 Å². The van der Waals surface area contributed by atoms with Crippen LogP contribution in [0.15, 0.2) is 5.16 Å². The molecule has 0 aromatic carbocycles. The van der Waals surface area contributed by atoms with Gasteiger partial charge in [-0.2, -0.15) is 0 Å². The molecule has 1 fully saturated rings. The van der Waals surface area contributed by atoms with Gasteiger partial charge in [-0.25, -0.2) is 0 Å². The summed E-state index contributed by atoms with van der Waals surface area (Å²) in [4.78, 5) is 2.20. The highest BCUT2D eigenvalue weighted by Gasteiger charge is 2.24. The fourth-order valence-corrected chi connectivity index (χ4v) is 1.79. The molecular weight excluding hydrogens is 182 g/mol. The monoisotopic (exact) mass is 201 g/mol. The number of oxime groups is 1. The van der Waals surface area contributed by atoms with Crippen molar-refractivity contribution in [3.63, 3.8) is 0 Å². The summed E-state index contributed by atoms with van der Waals surface area (Å²) in [6.45, 7) is 5.02. The van der Waals surface area contributed by atoms with Crippen molar-refractivity contribution in [3.8, 4) is 0 Å². The molecule has 0 spiro atoms. The van der Waals surface area contributed by atoms with Crippen LogP contribution in [-0.2, 0) is 4.74 Å². The lowest BCUT2D eigenvalue weighted by Gasteiger charge is -2.23. The summed E-state index contributed by atoms with van der Waals surface area (Å²) in [5.41, 5.74) is 5.46. The van der Waals surface area contributed by atoms with Gasteiger partial charge >= 0.3 is 0 Å². The third-order valence-electron chi connectivity index (χ3n) is 2.51. The largest absolute Gasteiger partial charge is 0.409 e. The summed E-state index contributed by atoms with van der Waals surface area (Å²) in [5.74, 6) is 0.272. The number of nitrogens with zero attached hydrogens (tertiary/aromatic N) is 2. The molecule has 3 N–H and O–H groups in total. The summed E-state index contributed by atoms with van der Waals surface area (Å²) in [6.07, 6.45) is 2.30. The molecule has 0 bridgehead atoms. The van der Waals surface area contributed by atoms with Crippen molar-refractivity contribution in [2.75, 3.05) is 26.3 Å². The van der Waals surface area contributed by atoms with Crippen LogP contribution in [0.2, 0.25) is 0 Å². The molecule has 0 aromatic heterocycles. The highest BCUT2D eigenvalue weighted by atomic mass is 16.5. The molecule has 5 heteroatoms. The lowest BCUT2D eigenvalue weighted by molar-refractivity contribution is 0.0909. The van der Waals surface area contributed by atoms with Gasteiger partial charge in [0, 0.05) is 12.6 Å². The molecule has 14 heavy (non-hydrogen) atoms. The second kappa shape index (κ2) is 5.82. The molecule has 1 atom stereocenters. The normalized spacial score (nSPS) is 24.4. The molecule has 82 valence electrons. The number of amidine groups is 1. The van der Waals surface area contributed by atoms with Crippen LogP contribution in [0, 0.1) is 0 Å². The minimum absolute atomic E-state index is 0.272. The van der Waals surface area contributed by atoms with Gasteiger partial charge in [-0.3, -0.25) is 4.90 Å². The van der Waals surface area contributed by atoms with Gasteiger partial charge in [0.2, 0.25) is 0 Å². The predicted octanol–water partition coefficient (Wildman–Crippen LogP) is 0.234. The maximum absolute atomic E-state index is 8.46. The van der Waals surface area contributed by atoms with E-state index in [9.17, 15) is 0 Å². The van der Waals surface area contributed by atoms with Crippen molar-refractivity contribution < 1.29 is 9.94 Å². The van der Waals surface area contributed by atoms with Crippen molar-refractivity contribution >= 4 is 5.84 Å². The van der Waals surface area contributed by atoms with Gasteiger partial charge in [0.15, 0.2) is 5.84 Å². The van der Waals surface area contributed by atoms with Crippen LogP contribution in [-0.4, -0.2) is 48.3 Å². The Hall–Kier alpha value is -0.810. The molecule has 1 rings (SSSR count). The molecule has 1 saturated heterocycles. The Balaban J connectivity index is 2.35. The lowest BCUT2D eigenvalue weighted by atomic mass is 10.2. The summed E-state index contributed by atoms with van der Waals surface area (Å²) in [6, 6.07) is 0.426. The average molecular weight is 201 g/mol. The van der Waals surface area contributed by atoms with Crippen LogP contribution in [0.1, 0.15) is 19.8 Å². The molecule has 1 aliphatic heterocycles. The molecule has 0 aliphatic carbocycles. The molecule has 1 aliphatic rings. The smallest absolute Gasteiger partial charge is 0.153 e. The third kappa shape index (κ3) is 3.16. The zero-order valence-electron chi connectivity index (χ0n) is 8.65. The number of hydrogen-bond donors (Lipinski definition) is 2. The minimum Gasteiger partial charge on any atom is -0.409 e. The molecule has 0 saturated carbocycles. The zero-order valence-corrected chi connectivity index (χ0v) is 8.65. The maximum atomic E-state index is 8.46. The van der Waals surface area contributed by atoms with Crippen LogP contribution >= 0.6 is 0 Å². The Kier molecular flexibility index (Phi) is 4.69. The van der Waals surface area contributed by atoms with Crippen molar-refractivity contribution in [3.05, 3.63) is 0 Å². The van der Waals surface area contributed by atoms with Crippen LogP contribution in [0.5, 0.6) is 0 Å². The summed E-state index contributed by atoms with van der Waals surface area (Å²) < 4.78 is 5.38. The first kappa shape index (κ1) is 11.3. The van der Waals surface area contributed by atoms with Gasteiger partial charge in [0.25, 0.3) is 0 Å². The van der Waals surface area contributed by atoms with Crippen LogP contribution in [0.4, 0.5) is 0 Å². The van der Waals surface area contributed by atoms with E-state index in [0.29, 0.717) is 12.6 Å². The standard InChI is InChI=1S/C9H19N3O2/c1-2-14-7-8-4-3-5-12(8)6-9(10)11-13/h8,13H,2-7H2,1H3,(H2,10,11)/t8-/m1/s1. The number of likely N-dealkylation sites (tertiary alicyclic amines) is 1. The highest BCUT2D eigenvalue weighted by molar-refractivity contribution is 5.81. The van der Waals surface area contributed by atoms with E-state index in [4.69, 9.17) is 15.7 Å². The molecule has 1 heterocycles. The van der Waals surface area contributed by atoms with E-state index < -0.39 is 0 Å². The van der Waals surface area contributed by atoms with Crippen molar-refractivity contribution in [2.24, 2.45) is 10.9 Å². The van der Waals surface area contributed by atoms with Crippen LogP contribution in [0.25, 0.3) is 0 Å². The van der Waals surface area contributed by atoms with Crippen LogP contribution < -0.4 is 5.73 Å². The van der Waals surface area contributed by atoms with E-state index in [1.807, 2.05) is 6.92 Å². The first-order chi connectivity index (χ1) is 6.77. The quantitative estimate of drug-likeness (QED) is 0.289. The lowest BCUT2D eigenvalue weighted by Crippen LogP contribution is -2.39. The summed E-state index contributed by atoms with van der Waals surface area (Å²) in [7, 11) is 0. The molecule has 0 radical (unpaired) electrons. The average Bonchev–Trinajstić information content (AvgIpc) is 2.62. The summed E-state index contributed by atoms with van der Waals surface area (Å²) >= 11 is 0. The van der Waals surface area contributed by atoms with Gasteiger partial charge < -0.3 is 15.7 Å². The van der Waals surface area contributed by atoms with Gasteiger partial charge in [0.05, 0.1) is 13.2 Å². The number of hydrogen-bond acceptors (Lipinski definition) is 4. The Morgan fingerprint density at radius 2 is 2.50 bits per heavy atom. The summed E-state index contributed by atoms with van der Waals surface area (Å²) in [5, 5.41) is 11.4. The molecule has 0 aromatic rings. The Morgan fingerprint density at radius 1 is 1.71 bits per heavy atom. The first-order valence-electron chi connectivity index (χ1n) is 5.06. The Labute approximate surface area is 84.5 Å². The van der Waals surface area contributed by atoms with Gasteiger partial charge in [-0.1, -0.05) is 5.16 Å². The van der Waals surface area contributed by atoms with Gasteiger partial charge in [-0.15, -0.1) is 0 Å². The van der Waals surface area contributed by atoms with E-state index in [1.165, 1.54) is 0 Å². The zero-order chi connectivity index (χ0) is 10.4.